The number of ether oxygens (including phenoxy) is 2. The molecule has 2 aromatic rings. The second kappa shape index (κ2) is 9.62. The highest BCUT2D eigenvalue weighted by Crippen LogP contribution is 2.24. The van der Waals surface area contributed by atoms with Crippen LogP contribution in [0.4, 0.5) is 0 Å². The monoisotopic (exact) mass is 419 g/mol. The first-order valence-corrected chi connectivity index (χ1v) is 9.50. The SMILES string of the molecule is COc1ccc([C@H](CC(C)C)NC(=O)COc2ccc(Br)c(C)c2)cc1. The van der Waals surface area contributed by atoms with Crippen LogP contribution >= 0.6 is 15.9 Å². The molecule has 0 radical (unpaired) electrons. The van der Waals surface area contributed by atoms with E-state index < -0.39 is 0 Å². The van der Waals surface area contributed by atoms with Crippen LogP contribution in [0.1, 0.15) is 37.4 Å². The fourth-order valence-corrected chi connectivity index (χ4v) is 2.92. The number of aryl methyl sites for hydroxylation is 1. The molecule has 0 aliphatic carbocycles. The van der Waals surface area contributed by atoms with Crippen LogP contribution in [0.25, 0.3) is 0 Å². The van der Waals surface area contributed by atoms with E-state index in [0.29, 0.717) is 11.7 Å². The third-order valence-electron chi connectivity index (χ3n) is 4.06. The molecule has 1 atom stereocenters. The molecule has 0 fully saturated rings. The van der Waals surface area contributed by atoms with Gasteiger partial charge in [0.15, 0.2) is 6.61 Å². The first-order chi connectivity index (χ1) is 12.4. The summed E-state index contributed by atoms with van der Waals surface area (Å²) in [5.74, 6) is 1.81. The lowest BCUT2D eigenvalue weighted by Crippen LogP contribution is -2.33. The lowest BCUT2D eigenvalue weighted by atomic mass is 9.97. The van der Waals surface area contributed by atoms with Crippen LogP contribution < -0.4 is 14.8 Å². The number of methoxy groups -OCH3 is 1. The van der Waals surface area contributed by atoms with E-state index >= 15 is 0 Å². The van der Waals surface area contributed by atoms with Gasteiger partial charge in [-0.2, -0.15) is 0 Å². The number of nitrogens with one attached hydrogen (secondary N) is 1. The number of halogens is 1. The molecule has 0 aromatic heterocycles. The third kappa shape index (κ3) is 6.06. The Kier molecular flexibility index (Phi) is 7.51. The van der Waals surface area contributed by atoms with Crippen LogP contribution in [0.2, 0.25) is 0 Å². The van der Waals surface area contributed by atoms with E-state index in [2.05, 4.69) is 35.1 Å². The van der Waals surface area contributed by atoms with Gasteiger partial charge in [-0.1, -0.05) is 41.9 Å². The highest BCUT2D eigenvalue weighted by molar-refractivity contribution is 9.10. The molecule has 0 heterocycles. The van der Waals surface area contributed by atoms with E-state index in [1.54, 1.807) is 7.11 Å². The Labute approximate surface area is 164 Å². The summed E-state index contributed by atoms with van der Waals surface area (Å²) in [7, 11) is 1.64. The Balaban J connectivity index is 1.99. The summed E-state index contributed by atoms with van der Waals surface area (Å²) in [4.78, 5) is 12.4. The molecule has 26 heavy (non-hydrogen) atoms. The van der Waals surface area contributed by atoms with Crippen LogP contribution in [0.15, 0.2) is 46.9 Å². The van der Waals surface area contributed by atoms with Crippen molar-refractivity contribution in [1.29, 1.82) is 0 Å². The van der Waals surface area contributed by atoms with Gasteiger partial charge >= 0.3 is 0 Å². The van der Waals surface area contributed by atoms with Gasteiger partial charge in [0.05, 0.1) is 13.2 Å². The van der Waals surface area contributed by atoms with Gasteiger partial charge < -0.3 is 14.8 Å². The van der Waals surface area contributed by atoms with Gasteiger partial charge in [-0.25, -0.2) is 0 Å². The molecule has 0 aliphatic heterocycles. The molecular formula is C21H26BrNO3. The van der Waals surface area contributed by atoms with E-state index in [9.17, 15) is 4.79 Å². The summed E-state index contributed by atoms with van der Waals surface area (Å²) in [6, 6.07) is 13.4. The average Bonchev–Trinajstić information content (AvgIpc) is 2.62. The van der Waals surface area contributed by atoms with E-state index in [4.69, 9.17) is 9.47 Å². The van der Waals surface area contributed by atoms with E-state index in [-0.39, 0.29) is 18.6 Å². The van der Waals surface area contributed by atoms with E-state index in [0.717, 1.165) is 27.8 Å². The Morgan fingerprint density at radius 3 is 2.35 bits per heavy atom. The Morgan fingerprint density at radius 2 is 1.77 bits per heavy atom. The number of rotatable bonds is 8. The van der Waals surface area contributed by atoms with Gasteiger partial charge in [0, 0.05) is 4.47 Å². The van der Waals surface area contributed by atoms with Crippen LogP contribution in [0, 0.1) is 12.8 Å². The number of carbonyl (C=O) groups is 1. The quantitative estimate of drug-likeness (QED) is 0.650. The lowest BCUT2D eigenvalue weighted by Gasteiger charge is -2.21. The predicted octanol–water partition coefficient (Wildman–Crippen LogP) is 5.05. The normalized spacial score (nSPS) is 11.9. The summed E-state index contributed by atoms with van der Waals surface area (Å²) in [6.07, 6.45) is 0.857. The summed E-state index contributed by atoms with van der Waals surface area (Å²) in [6.45, 7) is 6.26. The van der Waals surface area contributed by atoms with Crippen molar-refractivity contribution < 1.29 is 14.3 Å². The van der Waals surface area contributed by atoms with Crippen molar-refractivity contribution in [3.63, 3.8) is 0 Å². The Hall–Kier alpha value is -2.01. The second-order valence-electron chi connectivity index (χ2n) is 6.72. The fraction of sp³-hybridized carbons (Fsp3) is 0.381. The van der Waals surface area contributed by atoms with Crippen molar-refractivity contribution in [2.75, 3.05) is 13.7 Å². The fourth-order valence-electron chi connectivity index (χ4n) is 2.68. The number of hydrogen-bond donors (Lipinski definition) is 1. The van der Waals surface area contributed by atoms with Gasteiger partial charge in [-0.3, -0.25) is 4.79 Å². The lowest BCUT2D eigenvalue weighted by molar-refractivity contribution is -0.124. The molecule has 140 valence electrons. The maximum Gasteiger partial charge on any atom is 0.258 e. The highest BCUT2D eigenvalue weighted by atomic mass is 79.9. The summed E-state index contributed by atoms with van der Waals surface area (Å²) >= 11 is 3.46. The van der Waals surface area contributed by atoms with E-state index in [1.165, 1.54) is 0 Å². The number of benzene rings is 2. The molecule has 0 aliphatic rings. The molecule has 0 unspecified atom stereocenters. The molecule has 0 saturated heterocycles. The molecule has 2 aromatic carbocycles. The van der Waals surface area contributed by atoms with Gasteiger partial charge in [0.25, 0.3) is 5.91 Å². The molecule has 1 amide bonds. The zero-order chi connectivity index (χ0) is 19.1. The Bertz CT molecular complexity index is 729. The molecule has 0 spiro atoms. The summed E-state index contributed by atoms with van der Waals surface area (Å²) in [5, 5.41) is 3.08. The van der Waals surface area contributed by atoms with Crippen LogP contribution in [-0.4, -0.2) is 19.6 Å². The van der Waals surface area contributed by atoms with E-state index in [1.807, 2.05) is 49.4 Å². The zero-order valence-corrected chi connectivity index (χ0v) is 17.3. The van der Waals surface area contributed by atoms with Crippen LogP contribution in [0.5, 0.6) is 11.5 Å². The van der Waals surface area contributed by atoms with Crippen LogP contribution in [-0.2, 0) is 4.79 Å². The average molecular weight is 420 g/mol. The maximum atomic E-state index is 12.4. The number of carbonyl (C=O) groups excluding carboxylic acids is 1. The van der Waals surface area contributed by atoms with Gasteiger partial charge in [-0.05, 0) is 60.7 Å². The van der Waals surface area contributed by atoms with Crippen molar-refractivity contribution in [1.82, 2.24) is 5.32 Å². The third-order valence-corrected chi connectivity index (χ3v) is 4.95. The standard InChI is InChI=1S/C21H26BrNO3/c1-14(2)11-20(16-5-7-17(25-4)8-6-16)23-21(24)13-26-18-9-10-19(22)15(3)12-18/h5-10,12,14,20H,11,13H2,1-4H3,(H,23,24)/t20-/m0/s1. The van der Waals surface area contributed by atoms with Crippen molar-refractivity contribution in [2.45, 2.75) is 33.2 Å². The molecular weight excluding hydrogens is 394 g/mol. The summed E-state index contributed by atoms with van der Waals surface area (Å²) < 4.78 is 11.9. The molecule has 0 bridgehead atoms. The van der Waals surface area contributed by atoms with Crippen molar-refractivity contribution in [2.24, 2.45) is 5.92 Å². The minimum atomic E-state index is -0.132. The minimum absolute atomic E-state index is 0.00811. The molecule has 2 rings (SSSR count). The Morgan fingerprint density at radius 1 is 1.12 bits per heavy atom. The maximum absolute atomic E-state index is 12.4. The van der Waals surface area contributed by atoms with Crippen LogP contribution in [0.3, 0.4) is 0 Å². The highest BCUT2D eigenvalue weighted by Gasteiger charge is 2.17. The summed E-state index contributed by atoms with van der Waals surface area (Å²) in [5.41, 5.74) is 2.13. The molecule has 4 nitrogen and oxygen atoms in total. The molecule has 0 saturated carbocycles. The van der Waals surface area contributed by atoms with Crippen molar-refractivity contribution >= 4 is 21.8 Å². The topological polar surface area (TPSA) is 47.6 Å². The van der Waals surface area contributed by atoms with Gasteiger partial charge in [-0.15, -0.1) is 0 Å². The first kappa shape index (κ1) is 20.3. The van der Waals surface area contributed by atoms with Gasteiger partial charge in [0.1, 0.15) is 11.5 Å². The first-order valence-electron chi connectivity index (χ1n) is 8.71. The van der Waals surface area contributed by atoms with Gasteiger partial charge in [0.2, 0.25) is 0 Å². The largest absolute Gasteiger partial charge is 0.497 e. The second-order valence-corrected chi connectivity index (χ2v) is 7.58. The van der Waals surface area contributed by atoms with Crippen molar-refractivity contribution in [3.05, 3.63) is 58.1 Å². The zero-order valence-electron chi connectivity index (χ0n) is 15.7. The minimum Gasteiger partial charge on any atom is -0.497 e. The van der Waals surface area contributed by atoms with Crippen molar-refractivity contribution in [3.8, 4) is 11.5 Å². The predicted molar refractivity (Wildman–Crippen MR) is 108 cm³/mol. The molecule has 5 heteroatoms. The smallest absolute Gasteiger partial charge is 0.258 e. The number of hydrogen-bond acceptors (Lipinski definition) is 3. The number of amides is 1. The molecule has 1 N–H and O–H groups in total.